The van der Waals surface area contributed by atoms with Gasteiger partial charge in [0, 0.05) is 5.69 Å². The highest BCUT2D eigenvalue weighted by Crippen LogP contribution is 2.12. The molecule has 1 fully saturated rings. The van der Waals surface area contributed by atoms with Gasteiger partial charge in [-0.2, -0.15) is 0 Å². The van der Waals surface area contributed by atoms with Gasteiger partial charge in [-0.05, 0) is 25.5 Å². The topological polar surface area (TPSA) is 99.3 Å². The molecule has 1 aliphatic heterocycles. The number of aromatic nitrogens is 1. The van der Waals surface area contributed by atoms with Crippen molar-refractivity contribution in [2.75, 3.05) is 6.54 Å². The van der Waals surface area contributed by atoms with Crippen LogP contribution in [0.15, 0.2) is 16.9 Å². The highest BCUT2D eigenvalue weighted by molar-refractivity contribution is 6.07. The summed E-state index contributed by atoms with van der Waals surface area (Å²) in [5, 5.41) is 2.18. The van der Waals surface area contributed by atoms with Crippen LogP contribution in [0.25, 0.3) is 0 Å². The molecule has 2 N–H and O–H groups in total. The summed E-state index contributed by atoms with van der Waals surface area (Å²) < 4.78 is 0. The van der Waals surface area contributed by atoms with E-state index in [1.807, 2.05) is 0 Å². The second-order valence-electron chi connectivity index (χ2n) is 4.65. The second kappa shape index (κ2) is 5.28. The quantitative estimate of drug-likeness (QED) is 0.716. The molecule has 0 radical (unpaired) electrons. The lowest BCUT2D eigenvalue weighted by atomic mass is 10.1. The summed E-state index contributed by atoms with van der Waals surface area (Å²) in [5.41, 5.74) is 0.0332. The van der Waals surface area contributed by atoms with E-state index in [1.54, 1.807) is 19.9 Å². The minimum Gasteiger partial charge on any atom is -0.326 e. The van der Waals surface area contributed by atoms with E-state index < -0.39 is 29.3 Å². The van der Waals surface area contributed by atoms with Crippen molar-refractivity contribution in [1.82, 2.24) is 15.2 Å². The first-order valence-corrected chi connectivity index (χ1v) is 6.28. The van der Waals surface area contributed by atoms with Crippen molar-refractivity contribution in [3.63, 3.8) is 0 Å². The lowest BCUT2D eigenvalue weighted by Crippen LogP contribution is -2.60. The monoisotopic (exact) mass is 277 g/mol. The zero-order valence-corrected chi connectivity index (χ0v) is 11.2. The van der Waals surface area contributed by atoms with Crippen molar-refractivity contribution in [2.45, 2.75) is 26.3 Å². The van der Waals surface area contributed by atoms with E-state index in [0.29, 0.717) is 12.1 Å². The van der Waals surface area contributed by atoms with Gasteiger partial charge in [-0.1, -0.05) is 6.92 Å². The first-order chi connectivity index (χ1) is 9.43. The summed E-state index contributed by atoms with van der Waals surface area (Å²) in [5.74, 6) is -1.67. The second-order valence-corrected chi connectivity index (χ2v) is 4.65. The van der Waals surface area contributed by atoms with Crippen LogP contribution in [0.2, 0.25) is 0 Å². The fraction of sp³-hybridized carbons (Fsp3) is 0.385. The van der Waals surface area contributed by atoms with Gasteiger partial charge in [0.15, 0.2) is 0 Å². The van der Waals surface area contributed by atoms with Crippen LogP contribution in [0.1, 0.15) is 29.4 Å². The molecule has 2 rings (SSSR count). The highest BCUT2D eigenvalue weighted by Gasteiger charge is 2.36. The Hall–Kier alpha value is -2.44. The molecule has 0 spiro atoms. The molecular formula is C13H15N3O4. The summed E-state index contributed by atoms with van der Waals surface area (Å²) in [6, 6.07) is 2.27. The Morgan fingerprint density at radius 3 is 2.65 bits per heavy atom. The number of aryl methyl sites for hydroxylation is 1. The number of rotatable bonds is 2. The number of pyridine rings is 1. The Bertz CT molecular complexity index is 635. The average molecular weight is 277 g/mol. The molecular weight excluding hydrogens is 262 g/mol. The van der Waals surface area contributed by atoms with E-state index in [4.69, 9.17) is 0 Å². The van der Waals surface area contributed by atoms with Crippen molar-refractivity contribution < 1.29 is 14.4 Å². The van der Waals surface area contributed by atoms with Gasteiger partial charge >= 0.3 is 0 Å². The van der Waals surface area contributed by atoms with Crippen molar-refractivity contribution in [2.24, 2.45) is 0 Å². The molecule has 1 aromatic rings. The largest absolute Gasteiger partial charge is 0.326 e. The van der Waals surface area contributed by atoms with Gasteiger partial charge in [0.1, 0.15) is 18.2 Å². The minimum absolute atomic E-state index is 0.0726. The molecule has 1 aliphatic rings. The summed E-state index contributed by atoms with van der Waals surface area (Å²) in [6.45, 7) is 3.21. The Morgan fingerprint density at radius 1 is 1.35 bits per heavy atom. The third-order valence-corrected chi connectivity index (χ3v) is 3.19. The number of hydrogen-bond acceptors (Lipinski definition) is 4. The molecule has 0 bridgehead atoms. The van der Waals surface area contributed by atoms with Crippen LogP contribution in [-0.4, -0.2) is 40.2 Å². The molecule has 1 aromatic heterocycles. The number of aromatic amines is 1. The minimum atomic E-state index is -0.735. The smallest absolute Gasteiger partial charge is 0.260 e. The summed E-state index contributed by atoms with van der Waals surface area (Å²) in [4.78, 5) is 50.9. The van der Waals surface area contributed by atoms with Gasteiger partial charge < -0.3 is 9.88 Å². The van der Waals surface area contributed by atoms with E-state index in [9.17, 15) is 19.2 Å². The zero-order chi connectivity index (χ0) is 14.9. The lowest BCUT2D eigenvalue weighted by molar-refractivity contribution is -0.138. The molecule has 7 heteroatoms. The molecule has 1 unspecified atom stereocenters. The normalized spacial score (nSPS) is 18.9. The molecule has 0 aromatic carbocycles. The Balaban J connectivity index is 2.37. The highest BCUT2D eigenvalue weighted by atomic mass is 16.2. The predicted octanol–water partition coefficient (Wildman–Crippen LogP) is -0.439. The standard InChI is InChI=1S/C13H15N3O4/c1-3-9-12(19)15-10(17)6-16(9)13(20)8-5-4-7(2)14-11(8)18/h4-5,9H,3,6H2,1-2H3,(H,14,18)(H,15,17,19). The Kier molecular flexibility index (Phi) is 3.69. The number of amides is 3. The lowest BCUT2D eigenvalue weighted by Gasteiger charge is -2.33. The van der Waals surface area contributed by atoms with Crippen molar-refractivity contribution in [3.8, 4) is 0 Å². The maximum absolute atomic E-state index is 12.4. The van der Waals surface area contributed by atoms with Gasteiger partial charge in [0.2, 0.25) is 11.8 Å². The van der Waals surface area contributed by atoms with Crippen LogP contribution in [-0.2, 0) is 9.59 Å². The van der Waals surface area contributed by atoms with Crippen LogP contribution in [0.4, 0.5) is 0 Å². The van der Waals surface area contributed by atoms with Crippen LogP contribution in [0.3, 0.4) is 0 Å². The third-order valence-electron chi connectivity index (χ3n) is 3.19. The number of hydrogen-bond donors (Lipinski definition) is 2. The molecule has 20 heavy (non-hydrogen) atoms. The Labute approximate surface area is 115 Å². The van der Waals surface area contributed by atoms with Gasteiger partial charge in [0.25, 0.3) is 11.5 Å². The zero-order valence-electron chi connectivity index (χ0n) is 11.2. The number of nitrogens with one attached hydrogen (secondary N) is 2. The molecule has 1 atom stereocenters. The van der Waals surface area contributed by atoms with E-state index in [-0.39, 0.29) is 12.1 Å². The molecule has 2 heterocycles. The fourth-order valence-electron chi connectivity index (χ4n) is 2.18. The SMILES string of the molecule is CCC1C(=O)NC(=O)CN1C(=O)c1ccc(C)[nH]c1=O. The molecule has 106 valence electrons. The number of carbonyl (C=O) groups is 3. The van der Waals surface area contributed by atoms with Crippen LogP contribution < -0.4 is 10.9 Å². The number of nitrogens with zero attached hydrogens (tertiary/aromatic N) is 1. The van der Waals surface area contributed by atoms with E-state index in [0.717, 1.165) is 4.90 Å². The van der Waals surface area contributed by atoms with E-state index in [2.05, 4.69) is 10.3 Å². The first-order valence-electron chi connectivity index (χ1n) is 6.28. The number of imide groups is 1. The average Bonchev–Trinajstić information content (AvgIpc) is 2.37. The Morgan fingerprint density at radius 2 is 2.05 bits per heavy atom. The van der Waals surface area contributed by atoms with Crippen LogP contribution >= 0.6 is 0 Å². The van der Waals surface area contributed by atoms with Crippen molar-refractivity contribution in [1.29, 1.82) is 0 Å². The molecule has 3 amide bonds. The number of H-pyrrole nitrogens is 1. The van der Waals surface area contributed by atoms with Crippen molar-refractivity contribution in [3.05, 3.63) is 33.7 Å². The maximum atomic E-state index is 12.4. The van der Waals surface area contributed by atoms with Gasteiger partial charge in [-0.25, -0.2) is 0 Å². The molecule has 1 saturated heterocycles. The van der Waals surface area contributed by atoms with Crippen LogP contribution in [0.5, 0.6) is 0 Å². The fourth-order valence-corrected chi connectivity index (χ4v) is 2.18. The first kappa shape index (κ1) is 14.0. The maximum Gasteiger partial charge on any atom is 0.260 e. The summed E-state index contributed by atoms with van der Waals surface area (Å²) in [6.07, 6.45) is 0.370. The molecule has 0 saturated carbocycles. The molecule has 7 nitrogen and oxygen atoms in total. The summed E-state index contributed by atoms with van der Waals surface area (Å²) >= 11 is 0. The van der Waals surface area contributed by atoms with Crippen molar-refractivity contribution >= 4 is 17.7 Å². The molecule has 0 aliphatic carbocycles. The number of piperazine rings is 1. The summed E-state index contributed by atoms with van der Waals surface area (Å²) in [7, 11) is 0. The van der Waals surface area contributed by atoms with Gasteiger partial charge in [0.05, 0.1) is 0 Å². The van der Waals surface area contributed by atoms with Gasteiger partial charge in [-0.3, -0.25) is 24.5 Å². The van der Waals surface area contributed by atoms with Gasteiger partial charge in [-0.15, -0.1) is 0 Å². The van der Waals surface area contributed by atoms with E-state index in [1.165, 1.54) is 6.07 Å². The van der Waals surface area contributed by atoms with E-state index >= 15 is 0 Å². The predicted molar refractivity (Wildman–Crippen MR) is 70.1 cm³/mol. The number of carbonyl (C=O) groups excluding carboxylic acids is 3. The third kappa shape index (κ3) is 2.47. The van der Waals surface area contributed by atoms with Crippen LogP contribution in [0, 0.1) is 6.92 Å².